The molecule has 4 heteroatoms. The molecule has 1 N–H and O–H groups in total. The molecule has 2 nitrogen and oxygen atoms in total. The van der Waals surface area contributed by atoms with Crippen LogP contribution in [0.15, 0.2) is 60.7 Å². The van der Waals surface area contributed by atoms with Crippen LogP contribution in [0, 0.1) is 5.82 Å². The van der Waals surface area contributed by atoms with E-state index >= 15 is 0 Å². The van der Waals surface area contributed by atoms with Crippen LogP contribution in [-0.4, -0.2) is 5.54 Å². The first-order valence-corrected chi connectivity index (χ1v) is 10.3. The Morgan fingerprint density at radius 2 is 1.80 bits per heavy atom. The van der Waals surface area contributed by atoms with Crippen LogP contribution in [-0.2, 0) is 0 Å². The van der Waals surface area contributed by atoms with E-state index < -0.39 is 0 Å². The van der Waals surface area contributed by atoms with Gasteiger partial charge in [0.05, 0.1) is 5.54 Å². The molecule has 3 aromatic carbocycles. The SMILES string of the molecule is CC1=CC(C)(C)Nc2ccc3c(c21)/C(=C/c1ccccc1Cl)Oc1ccc(F)cc1-3. The van der Waals surface area contributed by atoms with Crippen LogP contribution in [0.25, 0.3) is 28.5 Å². The maximum Gasteiger partial charge on any atom is 0.136 e. The van der Waals surface area contributed by atoms with Crippen LogP contribution in [0.1, 0.15) is 37.5 Å². The highest BCUT2D eigenvalue weighted by Crippen LogP contribution is 2.49. The quantitative estimate of drug-likeness (QED) is 0.439. The van der Waals surface area contributed by atoms with Crippen molar-refractivity contribution in [2.45, 2.75) is 26.3 Å². The van der Waals surface area contributed by atoms with Crippen molar-refractivity contribution >= 4 is 34.7 Å². The molecule has 0 unspecified atom stereocenters. The lowest BCUT2D eigenvalue weighted by molar-refractivity contribution is 0.511. The lowest BCUT2D eigenvalue weighted by atomic mass is 9.83. The number of benzene rings is 3. The fraction of sp³-hybridized carbons (Fsp3) is 0.154. The first-order valence-electron chi connectivity index (χ1n) is 9.92. The fourth-order valence-electron chi connectivity index (χ4n) is 4.40. The zero-order valence-electron chi connectivity index (χ0n) is 17.0. The topological polar surface area (TPSA) is 21.3 Å². The van der Waals surface area contributed by atoms with Gasteiger partial charge in [-0.25, -0.2) is 4.39 Å². The number of rotatable bonds is 1. The lowest BCUT2D eigenvalue weighted by Gasteiger charge is -2.35. The predicted molar refractivity (Wildman–Crippen MR) is 123 cm³/mol. The van der Waals surface area contributed by atoms with Gasteiger partial charge in [0.2, 0.25) is 0 Å². The molecule has 150 valence electrons. The van der Waals surface area contributed by atoms with Crippen LogP contribution in [0.5, 0.6) is 5.75 Å². The van der Waals surface area contributed by atoms with E-state index in [1.165, 1.54) is 12.1 Å². The Morgan fingerprint density at radius 3 is 2.60 bits per heavy atom. The number of halogens is 2. The number of anilines is 1. The summed E-state index contributed by atoms with van der Waals surface area (Å²) < 4.78 is 20.4. The molecule has 3 aromatic rings. The van der Waals surface area contributed by atoms with E-state index in [1.807, 2.05) is 36.4 Å². The monoisotopic (exact) mass is 417 g/mol. The lowest BCUT2D eigenvalue weighted by Crippen LogP contribution is -2.32. The second-order valence-corrected chi connectivity index (χ2v) is 8.76. The van der Waals surface area contributed by atoms with E-state index in [9.17, 15) is 4.39 Å². The Kier molecular flexibility index (Phi) is 4.26. The van der Waals surface area contributed by atoms with Crippen LogP contribution in [0.3, 0.4) is 0 Å². The first-order chi connectivity index (χ1) is 14.3. The van der Waals surface area contributed by atoms with E-state index in [0.717, 1.165) is 39.1 Å². The molecule has 0 spiro atoms. The van der Waals surface area contributed by atoms with E-state index in [2.05, 4.69) is 38.2 Å². The molecule has 30 heavy (non-hydrogen) atoms. The van der Waals surface area contributed by atoms with Gasteiger partial charge in [-0.3, -0.25) is 0 Å². The maximum absolute atomic E-state index is 14.1. The van der Waals surface area contributed by atoms with E-state index in [0.29, 0.717) is 16.5 Å². The third-order valence-corrected chi connectivity index (χ3v) is 5.87. The number of fused-ring (bicyclic) bond motifs is 5. The summed E-state index contributed by atoms with van der Waals surface area (Å²) in [6, 6.07) is 16.4. The zero-order valence-corrected chi connectivity index (χ0v) is 17.8. The molecule has 2 heterocycles. The Balaban J connectivity index is 1.82. The summed E-state index contributed by atoms with van der Waals surface area (Å²) in [5.41, 5.74) is 6.61. The first kappa shape index (κ1) is 19.0. The van der Waals surface area contributed by atoms with Crippen molar-refractivity contribution in [2.75, 3.05) is 5.32 Å². The van der Waals surface area contributed by atoms with Gasteiger partial charge in [0.1, 0.15) is 17.3 Å². The molecule has 0 saturated heterocycles. The maximum atomic E-state index is 14.1. The Bertz CT molecular complexity index is 1260. The summed E-state index contributed by atoms with van der Waals surface area (Å²) >= 11 is 6.43. The van der Waals surface area contributed by atoms with Gasteiger partial charge in [-0.1, -0.05) is 41.9 Å². The number of nitrogens with one attached hydrogen (secondary N) is 1. The fourth-order valence-corrected chi connectivity index (χ4v) is 4.59. The largest absolute Gasteiger partial charge is 0.456 e. The number of hydrogen-bond donors (Lipinski definition) is 1. The molecule has 0 fully saturated rings. The van der Waals surface area contributed by atoms with Gasteiger partial charge in [0.15, 0.2) is 0 Å². The van der Waals surface area contributed by atoms with Crippen molar-refractivity contribution < 1.29 is 9.13 Å². The smallest absolute Gasteiger partial charge is 0.136 e. The molecule has 2 aliphatic heterocycles. The molecule has 0 saturated carbocycles. The van der Waals surface area contributed by atoms with Gasteiger partial charge in [-0.15, -0.1) is 0 Å². The molecule has 0 atom stereocenters. The molecule has 5 rings (SSSR count). The van der Waals surface area contributed by atoms with Crippen molar-refractivity contribution in [2.24, 2.45) is 0 Å². The van der Waals surface area contributed by atoms with E-state index in [1.54, 1.807) is 6.07 Å². The molecule has 0 aliphatic carbocycles. The summed E-state index contributed by atoms with van der Waals surface area (Å²) in [5, 5.41) is 4.24. The van der Waals surface area contributed by atoms with Crippen LogP contribution >= 0.6 is 11.6 Å². The second-order valence-electron chi connectivity index (χ2n) is 8.36. The zero-order chi connectivity index (χ0) is 21.0. The van der Waals surface area contributed by atoms with Crippen LogP contribution in [0.2, 0.25) is 5.02 Å². The molecular weight excluding hydrogens is 397 g/mol. The predicted octanol–water partition coefficient (Wildman–Crippen LogP) is 7.64. The van der Waals surface area contributed by atoms with E-state index in [-0.39, 0.29) is 11.4 Å². The summed E-state index contributed by atoms with van der Waals surface area (Å²) in [6.07, 6.45) is 4.17. The van der Waals surface area contributed by atoms with Gasteiger partial charge < -0.3 is 10.1 Å². The average molecular weight is 418 g/mol. The Morgan fingerprint density at radius 1 is 1.00 bits per heavy atom. The van der Waals surface area contributed by atoms with Gasteiger partial charge >= 0.3 is 0 Å². The highest BCUT2D eigenvalue weighted by molar-refractivity contribution is 6.32. The number of allylic oxidation sites excluding steroid dienone is 1. The number of ether oxygens (including phenoxy) is 1. The van der Waals surface area contributed by atoms with Crippen LogP contribution in [0.4, 0.5) is 10.1 Å². The standard InChI is InChI=1S/C26H21ClFNO/c1-15-14-26(2,3)29-21-10-9-18-19-13-17(28)8-11-22(19)30-23(25(18)24(15)21)12-16-6-4-5-7-20(16)27/h4-14,29H,1-3H3/b23-12-. The Labute approximate surface area is 180 Å². The minimum absolute atomic E-state index is 0.155. The van der Waals surface area contributed by atoms with Gasteiger partial charge in [-0.2, -0.15) is 0 Å². The highest BCUT2D eigenvalue weighted by atomic mass is 35.5. The molecule has 0 aromatic heterocycles. The summed E-state index contributed by atoms with van der Waals surface area (Å²) in [6.45, 7) is 6.39. The minimum Gasteiger partial charge on any atom is -0.456 e. The van der Waals surface area contributed by atoms with Gasteiger partial charge in [0.25, 0.3) is 0 Å². The molecular formula is C26H21ClFNO. The molecule has 2 aliphatic rings. The average Bonchev–Trinajstić information content (AvgIpc) is 2.68. The molecule has 0 radical (unpaired) electrons. The van der Waals surface area contributed by atoms with Crippen LogP contribution < -0.4 is 10.1 Å². The van der Waals surface area contributed by atoms with Gasteiger partial charge in [-0.05, 0) is 73.9 Å². The summed E-state index contributed by atoms with van der Waals surface area (Å²) in [5.74, 6) is 1.04. The van der Waals surface area contributed by atoms with E-state index in [4.69, 9.17) is 16.3 Å². The van der Waals surface area contributed by atoms with Crippen molar-refractivity contribution in [3.05, 3.63) is 88.2 Å². The Hall–Kier alpha value is -3.04. The summed E-state index contributed by atoms with van der Waals surface area (Å²) in [7, 11) is 0. The molecule has 0 bridgehead atoms. The van der Waals surface area contributed by atoms with Crippen molar-refractivity contribution in [3.8, 4) is 16.9 Å². The van der Waals surface area contributed by atoms with Gasteiger partial charge in [0, 0.05) is 27.4 Å². The third kappa shape index (κ3) is 3.10. The third-order valence-electron chi connectivity index (χ3n) is 5.52. The second kappa shape index (κ2) is 6.75. The summed E-state index contributed by atoms with van der Waals surface area (Å²) in [4.78, 5) is 0. The van der Waals surface area contributed by atoms with Crippen molar-refractivity contribution in [3.63, 3.8) is 0 Å². The van der Waals surface area contributed by atoms with Crippen molar-refractivity contribution in [1.82, 2.24) is 0 Å². The van der Waals surface area contributed by atoms with Crippen molar-refractivity contribution in [1.29, 1.82) is 0 Å². The number of hydrogen-bond acceptors (Lipinski definition) is 2. The highest BCUT2D eigenvalue weighted by Gasteiger charge is 2.31. The minimum atomic E-state index is -0.286. The molecule has 0 amide bonds. The normalized spacial score (nSPS) is 17.2.